The molecule has 29 heavy (non-hydrogen) atoms. The number of hydrogen-bond donors (Lipinski definition) is 2. The van der Waals surface area contributed by atoms with Gasteiger partial charge in [0.2, 0.25) is 0 Å². The average molecular weight is 392 g/mol. The first-order valence-electron chi connectivity index (χ1n) is 9.98. The van der Waals surface area contributed by atoms with Gasteiger partial charge in [0.25, 0.3) is 0 Å². The minimum atomic E-state index is -0.418. The Labute approximate surface area is 172 Å². The van der Waals surface area contributed by atoms with E-state index in [0.717, 1.165) is 18.4 Å². The molecule has 1 aliphatic heterocycles. The number of fused-ring (bicyclic) bond motifs is 1. The number of rotatable bonds is 6. The SMILES string of the molecule is CC(C)=CCC/C(C)=C/Cc1c(O)cc2c(c1O)C(=O)CC(c1ccccc1)O2. The van der Waals surface area contributed by atoms with Gasteiger partial charge in [0.05, 0.1) is 6.42 Å². The van der Waals surface area contributed by atoms with Crippen molar-refractivity contribution in [3.63, 3.8) is 0 Å². The highest BCUT2D eigenvalue weighted by atomic mass is 16.5. The van der Waals surface area contributed by atoms with Gasteiger partial charge in [-0.25, -0.2) is 0 Å². The Bertz CT molecular complexity index is 951. The molecule has 2 aromatic rings. The summed E-state index contributed by atoms with van der Waals surface area (Å²) in [7, 11) is 0. The van der Waals surface area contributed by atoms with E-state index in [9.17, 15) is 15.0 Å². The number of carbonyl (C=O) groups is 1. The summed E-state index contributed by atoms with van der Waals surface area (Å²) in [5.74, 6) is -0.179. The topological polar surface area (TPSA) is 66.8 Å². The largest absolute Gasteiger partial charge is 0.507 e. The molecule has 0 saturated heterocycles. The van der Waals surface area contributed by atoms with Crippen LogP contribution in [0, 0.1) is 0 Å². The van der Waals surface area contributed by atoms with Gasteiger partial charge in [0, 0.05) is 11.6 Å². The van der Waals surface area contributed by atoms with Crippen molar-refractivity contribution in [1.82, 2.24) is 0 Å². The molecule has 0 aromatic heterocycles. The van der Waals surface area contributed by atoms with Crippen molar-refractivity contribution in [2.75, 3.05) is 0 Å². The Hall–Kier alpha value is -3.01. The second-order valence-corrected chi connectivity index (χ2v) is 7.82. The first-order chi connectivity index (χ1) is 13.9. The quantitative estimate of drug-likeness (QED) is 0.588. The van der Waals surface area contributed by atoms with E-state index in [1.54, 1.807) is 0 Å². The summed E-state index contributed by atoms with van der Waals surface area (Å²) in [6.07, 6.45) is 6.15. The van der Waals surface area contributed by atoms with Crippen LogP contribution in [0.25, 0.3) is 0 Å². The highest BCUT2D eigenvalue weighted by Gasteiger charge is 2.32. The molecule has 0 radical (unpaired) electrons. The number of carbonyl (C=O) groups excluding carboxylic acids is 1. The van der Waals surface area contributed by atoms with Crippen LogP contribution in [0.5, 0.6) is 17.2 Å². The van der Waals surface area contributed by atoms with Gasteiger partial charge in [-0.2, -0.15) is 0 Å². The van der Waals surface area contributed by atoms with Gasteiger partial charge in [0.1, 0.15) is 28.9 Å². The van der Waals surface area contributed by atoms with Gasteiger partial charge in [-0.05, 0) is 45.6 Å². The lowest BCUT2D eigenvalue weighted by Crippen LogP contribution is -2.20. The predicted octanol–water partition coefficient (Wildman–Crippen LogP) is 6.04. The fourth-order valence-corrected chi connectivity index (χ4v) is 3.52. The maximum atomic E-state index is 12.8. The van der Waals surface area contributed by atoms with Crippen molar-refractivity contribution < 1.29 is 19.7 Å². The number of benzene rings is 2. The number of phenols is 2. The fourth-order valence-electron chi connectivity index (χ4n) is 3.52. The standard InChI is InChI=1S/C25H28O4/c1-16(2)8-7-9-17(3)12-13-19-20(26)14-23-24(25(19)28)21(27)15-22(29-23)18-10-5-4-6-11-18/h4-6,8,10-12,14,22,26,28H,7,9,13,15H2,1-3H3/b17-12+. The van der Waals surface area contributed by atoms with Crippen LogP contribution < -0.4 is 4.74 Å². The second kappa shape index (κ2) is 8.99. The molecule has 152 valence electrons. The lowest BCUT2D eigenvalue weighted by molar-refractivity contribution is 0.0844. The van der Waals surface area contributed by atoms with Crippen molar-refractivity contribution in [1.29, 1.82) is 0 Å². The van der Waals surface area contributed by atoms with Crippen LogP contribution >= 0.6 is 0 Å². The van der Waals surface area contributed by atoms with E-state index in [4.69, 9.17) is 4.74 Å². The number of hydrogen-bond acceptors (Lipinski definition) is 4. The minimum Gasteiger partial charge on any atom is -0.507 e. The molecule has 0 spiro atoms. The van der Waals surface area contributed by atoms with Crippen LogP contribution in [-0.4, -0.2) is 16.0 Å². The molecule has 2 N–H and O–H groups in total. The van der Waals surface area contributed by atoms with Crippen LogP contribution in [-0.2, 0) is 6.42 Å². The van der Waals surface area contributed by atoms with Crippen LogP contribution in [0.4, 0.5) is 0 Å². The molecule has 4 heteroatoms. The number of Topliss-reactive ketones (excluding diaryl/α,β-unsaturated/α-hetero) is 1. The van der Waals surface area contributed by atoms with E-state index in [1.807, 2.05) is 43.3 Å². The zero-order valence-electron chi connectivity index (χ0n) is 17.2. The van der Waals surface area contributed by atoms with Gasteiger partial charge < -0.3 is 14.9 Å². The van der Waals surface area contributed by atoms with Crippen molar-refractivity contribution in [3.8, 4) is 17.2 Å². The summed E-state index contributed by atoms with van der Waals surface area (Å²) in [4.78, 5) is 12.8. The summed E-state index contributed by atoms with van der Waals surface area (Å²) in [6.45, 7) is 6.18. The van der Waals surface area contributed by atoms with Crippen molar-refractivity contribution >= 4 is 5.78 Å². The molecule has 1 unspecified atom stereocenters. The molecule has 0 saturated carbocycles. The van der Waals surface area contributed by atoms with Gasteiger partial charge in [0.15, 0.2) is 5.78 Å². The van der Waals surface area contributed by atoms with Gasteiger partial charge in [-0.3, -0.25) is 4.79 Å². The molecule has 0 bridgehead atoms. The Morgan fingerprint density at radius 1 is 1.14 bits per heavy atom. The van der Waals surface area contributed by atoms with Crippen LogP contribution in [0.2, 0.25) is 0 Å². The highest BCUT2D eigenvalue weighted by molar-refractivity contribution is 6.03. The Morgan fingerprint density at radius 2 is 1.86 bits per heavy atom. The lowest BCUT2D eigenvalue weighted by Gasteiger charge is -2.27. The molecule has 3 rings (SSSR count). The monoisotopic (exact) mass is 392 g/mol. The van der Waals surface area contributed by atoms with Gasteiger partial charge in [-0.1, -0.05) is 53.6 Å². The minimum absolute atomic E-state index is 0.0592. The Kier molecular flexibility index (Phi) is 6.42. The number of ether oxygens (including phenoxy) is 1. The average Bonchev–Trinajstić information content (AvgIpc) is 2.67. The predicted molar refractivity (Wildman–Crippen MR) is 115 cm³/mol. The summed E-state index contributed by atoms with van der Waals surface area (Å²) < 4.78 is 5.94. The van der Waals surface area contributed by atoms with E-state index in [-0.39, 0.29) is 35.0 Å². The molecule has 0 fully saturated rings. The van der Waals surface area contributed by atoms with E-state index in [2.05, 4.69) is 19.9 Å². The number of aromatic hydroxyl groups is 2. The molecular weight excluding hydrogens is 364 g/mol. The number of ketones is 1. The van der Waals surface area contributed by atoms with Gasteiger partial charge in [-0.15, -0.1) is 0 Å². The van der Waals surface area contributed by atoms with Crippen LogP contribution in [0.1, 0.15) is 67.6 Å². The molecule has 1 aliphatic rings. The molecule has 4 nitrogen and oxygen atoms in total. The van der Waals surface area contributed by atoms with E-state index in [1.165, 1.54) is 17.2 Å². The lowest BCUT2D eigenvalue weighted by atomic mass is 9.92. The maximum Gasteiger partial charge on any atom is 0.174 e. The fraction of sp³-hybridized carbons (Fsp3) is 0.320. The van der Waals surface area contributed by atoms with Crippen LogP contribution in [0.3, 0.4) is 0 Å². The molecule has 0 aliphatic carbocycles. The van der Waals surface area contributed by atoms with E-state index in [0.29, 0.717) is 12.0 Å². The molecule has 0 amide bonds. The van der Waals surface area contributed by atoms with Crippen molar-refractivity contribution in [3.05, 3.63) is 76.4 Å². The molecular formula is C25H28O4. The molecule has 1 heterocycles. The number of phenolic OH excluding ortho intramolecular Hbond substituents is 2. The summed E-state index contributed by atoms with van der Waals surface area (Å²) in [5.41, 5.74) is 3.88. The third kappa shape index (κ3) is 4.89. The maximum absolute atomic E-state index is 12.8. The Balaban J connectivity index is 1.82. The Morgan fingerprint density at radius 3 is 2.55 bits per heavy atom. The van der Waals surface area contributed by atoms with Crippen LogP contribution in [0.15, 0.2) is 59.7 Å². The summed E-state index contributed by atoms with van der Waals surface area (Å²) >= 11 is 0. The first-order valence-corrected chi connectivity index (χ1v) is 9.98. The van der Waals surface area contributed by atoms with E-state index >= 15 is 0 Å². The number of allylic oxidation sites excluding steroid dienone is 4. The highest BCUT2D eigenvalue weighted by Crippen LogP contribution is 2.44. The summed E-state index contributed by atoms with van der Waals surface area (Å²) in [5, 5.41) is 21.2. The summed E-state index contributed by atoms with van der Waals surface area (Å²) in [6, 6.07) is 10.9. The second-order valence-electron chi connectivity index (χ2n) is 7.82. The van der Waals surface area contributed by atoms with E-state index < -0.39 is 6.10 Å². The molecule has 2 aromatic carbocycles. The third-order valence-corrected chi connectivity index (χ3v) is 5.18. The normalized spacial score (nSPS) is 16.2. The molecule has 1 atom stereocenters. The first kappa shape index (κ1) is 20.7. The zero-order chi connectivity index (χ0) is 21.0. The van der Waals surface area contributed by atoms with Gasteiger partial charge >= 0.3 is 0 Å². The smallest absolute Gasteiger partial charge is 0.174 e. The zero-order valence-corrected chi connectivity index (χ0v) is 17.2. The van der Waals surface area contributed by atoms with Crippen molar-refractivity contribution in [2.45, 2.75) is 52.6 Å². The van der Waals surface area contributed by atoms with Crippen molar-refractivity contribution in [2.24, 2.45) is 0 Å². The third-order valence-electron chi connectivity index (χ3n) is 5.18.